The molecular weight excluding hydrogens is 428 g/mol. The lowest BCUT2D eigenvalue weighted by Gasteiger charge is -2.20. The lowest BCUT2D eigenvalue weighted by atomic mass is 10.1. The second kappa shape index (κ2) is 9.55. The quantitative estimate of drug-likeness (QED) is 0.478. The van der Waals surface area contributed by atoms with Crippen molar-refractivity contribution in [3.63, 3.8) is 0 Å². The fourth-order valence-electron chi connectivity index (χ4n) is 4.00. The maximum atomic E-state index is 13.1. The van der Waals surface area contributed by atoms with Crippen molar-refractivity contribution < 1.29 is 14.3 Å². The lowest BCUT2D eigenvalue weighted by Crippen LogP contribution is -2.36. The number of ether oxygens (including phenoxy) is 1. The van der Waals surface area contributed by atoms with Gasteiger partial charge in [0, 0.05) is 17.8 Å². The van der Waals surface area contributed by atoms with Gasteiger partial charge in [-0.15, -0.1) is 0 Å². The number of hydrogen-bond donors (Lipinski definition) is 3. The van der Waals surface area contributed by atoms with E-state index in [4.69, 9.17) is 4.74 Å². The number of anilines is 3. The van der Waals surface area contributed by atoms with Crippen molar-refractivity contribution in [1.82, 2.24) is 10.3 Å². The Labute approximate surface area is 199 Å². The number of nitrogens with zero attached hydrogens (tertiary/aromatic N) is 1. The monoisotopic (exact) mass is 458 g/mol. The molecule has 7 heteroatoms. The number of pyridine rings is 1. The first-order valence-corrected chi connectivity index (χ1v) is 11.4. The Morgan fingerprint density at radius 1 is 0.941 bits per heavy atom. The Morgan fingerprint density at radius 3 is 2.29 bits per heavy atom. The molecule has 0 atom stereocenters. The van der Waals surface area contributed by atoms with Gasteiger partial charge in [0.25, 0.3) is 5.91 Å². The third kappa shape index (κ3) is 6.13. The van der Waals surface area contributed by atoms with Crippen LogP contribution in [-0.2, 0) is 17.6 Å². The summed E-state index contributed by atoms with van der Waals surface area (Å²) < 4.78 is 5.37. The summed E-state index contributed by atoms with van der Waals surface area (Å²) in [5.74, 6) is 0.150. The smallest absolute Gasteiger partial charge is 0.412 e. The normalized spacial score (nSPS) is 13.2. The molecule has 0 saturated carbocycles. The number of fused-ring (bicyclic) bond motifs is 1. The highest BCUT2D eigenvalue weighted by atomic mass is 16.6. The molecule has 176 valence electrons. The van der Waals surface area contributed by atoms with E-state index >= 15 is 0 Å². The number of benzene rings is 2. The molecule has 3 aromatic rings. The van der Waals surface area contributed by atoms with E-state index in [0.29, 0.717) is 11.5 Å². The van der Waals surface area contributed by atoms with Crippen LogP contribution in [-0.4, -0.2) is 28.6 Å². The molecule has 2 aromatic carbocycles. The number of aryl methyl sites for hydroxylation is 1. The summed E-state index contributed by atoms with van der Waals surface area (Å²) in [5.41, 5.74) is 4.41. The minimum Gasteiger partial charge on any atom is -0.444 e. The first-order chi connectivity index (χ1) is 16.1. The lowest BCUT2D eigenvalue weighted by molar-refractivity contribution is 0.0635. The van der Waals surface area contributed by atoms with Gasteiger partial charge in [-0.25, -0.2) is 9.78 Å². The van der Waals surface area contributed by atoms with Crippen molar-refractivity contribution >= 4 is 29.2 Å². The van der Waals surface area contributed by atoms with Gasteiger partial charge in [-0.1, -0.05) is 36.4 Å². The van der Waals surface area contributed by atoms with E-state index in [9.17, 15) is 9.59 Å². The van der Waals surface area contributed by atoms with E-state index in [-0.39, 0.29) is 17.6 Å². The number of hydrogen-bond acceptors (Lipinski definition) is 5. The minimum atomic E-state index is -0.641. The van der Waals surface area contributed by atoms with E-state index in [0.717, 1.165) is 24.1 Å². The summed E-state index contributed by atoms with van der Waals surface area (Å²) in [6, 6.07) is 19.3. The van der Waals surface area contributed by atoms with Crippen molar-refractivity contribution in [2.24, 2.45) is 0 Å². The molecule has 1 aliphatic rings. The predicted octanol–water partition coefficient (Wildman–Crippen LogP) is 5.38. The summed E-state index contributed by atoms with van der Waals surface area (Å²) in [6.45, 7) is 7.38. The number of amides is 2. The zero-order chi connectivity index (χ0) is 24.3. The maximum Gasteiger partial charge on any atom is 0.412 e. The van der Waals surface area contributed by atoms with Gasteiger partial charge in [-0.05, 0) is 75.4 Å². The number of rotatable bonds is 5. The number of aromatic nitrogens is 1. The maximum absolute atomic E-state index is 13.1. The van der Waals surface area contributed by atoms with E-state index in [1.807, 2.05) is 43.3 Å². The molecular formula is C27H30N4O3. The van der Waals surface area contributed by atoms with Crippen molar-refractivity contribution in [2.75, 3.05) is 10.6 Å². The molecule has 1 aromatic heterocycles. The van der Waals surface area contributed by atoms with Crippen LogP contribution in [0, 0.1) is 6.92 Å². The Morgan fingerprint density at radius 2 is 1.65 bits per heavy atom. The first kappa shape index (κ1) is 23.3. The summed E-state index contributed by atoms with van der Waals surface area (Å²) >= 11 is 0. The second-order valence-electron chi connectivity index (χ2n) is 9.60. The Bertz CT molecular complexity index is 1190. The fraction of sp³-hybridized carbons (Fsp3) is 0.296. The molecule has 4 rings (SSSR count). The summed E-state index contributed by atoms with van der Waals surface area (Å²) in [6.07, 6.45) is 0.969. The summed E-state index contributed by atoms with van der Waals surface area (Å²) in [4.78, 5) is 30.0. The van der Waals surface area contributed by atoms with Gasteiger partial charge in [0.05, 0.1) is 5.69 Å². The number of carbonyl (C=O) groups excluding carboxylic acids is 2. The Hall–Kier alpha value is -3.87. The van der Waals surface area contributed by atoms with Crippen LogP contribution in [0.15, 0.2) is 60.7 Å². The van der Waals surface area contributed by atoms with Crippen LogP contribution in [0.5, 0.6) is 0 Å². The van der Waals surface area contributed by atoms with Crippen LogP contribution < -0.4 is 16.0 Å². The second-order valence-corrected chi connectivity index (χ2v) is 9.60. The van der Waals surface area contributed by atoms with E-state index in [2.05, 4.69) is 33.1 Å². The fourth-order valence-corrected chi connectivity index (χ4v) is 4.00. The van der Waals surface area contributed by atoms with E-state index in [1.165, 1.54) is 11.1 Å². The van der Waals surface area contributed by atoms with E-state index in [1.54, 1.807) is 32.9 Å². The molecule has 2 amide bonds. The Kier molecular flexibility index (Phi) is 6.54. The number of nitrogens with one attached hydrogen (secondary N) is 3. The largest absolute Gasteiger partial charge is 0.444 e. The van der Waals surface area contributed by atoms with Crippen LogP contribution in [0.25, 0.3) is 0 Å². The molecule has 1 heterocycles. The molecule has 0 unspecified atom stereocenters. The minimum absolute atomic E-state index is 0.00218. The van der Waals surface area contributed by atoms with Crippen LogP contribution >= 0.6 is 0 Å². The molecule has 0 bridgehead atoms. The van der Waals surface area contributed by atoms with Crippen LogP contribution in [0.2, 0.25) is 0 Å². The van der Waals surface area contributed by atoms with Gasteiger partial charge in [0.2, 0.25) is 0 Å². The molecule has 34 heavy (non-hydrogen) atoms. The summed E-state index contributed by atoms with van der Waals surface area (Å²) in [7, 11) is 0. The topological polar surface area (TPSA) is 92.4 Å². The highest BCUT2D eigenvalue weighted by Crippen LogP contribution is 2.24. The van der Waals surface area contributed by atoms with Gasteiger partial charge >= 0.3 is 6.09 Å². The highest BCUT2D eigenvalue weighted by molar-refractivity contribution is 5.95. The van der Waals surface area contributed by atoms with Crippen molar-refractivity contribution in [1.29, 1.82) is 0 Å². The molecule has 7 nitrogen and oxygen atoms in total. The van der Waals surface area contributed by atoms with Gasteiger partial charge in [0.15, 0.2) is 0 Å². The average molecular weight is 459 g/mol. The predicted molar refractivity (Wildman–Crippen MR) is 134 cm³/mol. The molecule has 0 aliphatic heterocycles. The van der Waals surface area contributed by atoms with Crippen LogP contribution in [0.1, 0.15) is 48.0 Å². The Balaban J connectivity index is 1.55. The average Bonchev–Trinajstić information content (AvgIpc) is 3.14. The van der Waals surface area contributed by atoms with Crippen LogP contribution in [0.4, 0.5) is 22.0 Å². The first-order valence-electron chi connectivity index (χ1n) is 11.4. The van der Waals surface area contributed by atoms with Gasteiger partial charge < -0.3 is 15.4 Å². The molecule has 0 spiro atoms. The number of carbonyl (C=O) groups is 2. The molecule has 0 saturated heterocycles. The van der Waals surface area contributed by atoms with Crippen molar-refractivity contribution in [3.8, 4) is 0 Å². The zero-order valence-corrected chi connectivity index (χ0v) is 19.9. The van der Waals surface area contributed by atoms with Crippen molar-refractivity contribution in [3.05, 3.63) is 83.0 Å². The molecule has 0 fully saturated rings. The third-order valence-corrected chi connectivity index (χ3v) is 5.38. The third-order valence-electron chi connectivity index (χ3n) is 5.38. The van der Waals surface area contributed by atoms with Crippen LogP contribution in [0.3, 0.4) is 0 Å². The molecule has 0 radical (unpaired) electrons. The van der Waals surface area contributed by atoms with Gasteiger partial charge in [-0.2, -0.15) is 0 Å². The molecule has 1 aliphatic carbocycles. The summed E-state index contributed by atoms with van der Waals surface area (Å²) in [5, 5.41) is 9.03. The zero-order valence-electron chi connectivity index (χ0n) is 19.9. The van der Waals surface area contributed by atoms with E-state index < -0.39 is 11.7 Å². The van der Waals surface area contributed by atoms with Crippen molar-refractivity contribution in [2.45, 2.75) is 52.2 Å². The standard InChI is InChI=1S/C27H30N4O3/c1-17-8-7-11-20(12-17)28-24-16-22(30-26(33)34-27(2,3)4)15-23(31-24)25(32)29-21-13-18-9-5-6-10-19(18)14-21/h5-12,15-16,21H,13-14H2,1-4H3,(H,29,32)(H2,28,30,31,33). The van der Waals surface area contributed by atoms with Gasteiger partial charge in [-0.3, -0.25) is 10.1 Å². The highest BCUT2D eigenvalue weighted by Gasteiger charge is 2.24. The SMILES string of the molecule is Cc1cccc(Nc2cc(NC(=O)OC(C)(C)C)cc(C(=O)NC3Cc4ccccc4C3)n2)c1. The van der Waals surface area contributed by atoms with Gasteiger partial charge in [0.1, 0.15) is 17.1 Å². The molecule has 3 N–H and O–H groups in total.